The van der Waals surface area contributed by atoms with Crippen molar-refractivity contribution in [3.8, 4) is 5.75 Å². The summed E-state index contributed by atoms with van der Waals surface area (Å²) in [5.74, 6) is -0.480. The molecule has 0 unspecified atom stereocenters. The van der Waals surface area contributed by atoms with Gasteiger partial charge in [-0.05, 0) is 35.7 Å². The average Bonchev–Trinajstić information content (AvgIpc) is 2.65. The number of rotatable bonds is 5. The highest BCUT2D eigenvalue weighted by Crippen LogP contribution is 2.27. The zero-order valence-electron chi connectivity index (χ0n) is 14.2. The van der Waals surface area contributed by atoms with Crippen LogP contribution in [0.4, 0.5) is 0 Å². The lowest BCUT2D eigenvalue weighted by molar-refractivity contribution is 0.0473. The summed E-state index contributed by atoms with van der Waals surface area (Å²) in [6.45, 7) is 1.69. The third kappa shape index (κ3) is 3.60. The number of aliphatic hydroxyl groups excluding tert-OH is 1. The fourth-order valence-electron chi connectivity index (χ4n) is 2.68. The number of hydrogen-bond acceptors (Lipinski definition) is 6. The molecule has 3 rings (SSSR count). The Morgan fingerprint density at radius 1 is 1.12 bits per heavy atom. The van der Waals surface area contributed by atoms with Crippen molar-refractivity contribution in [3.63, 3.8) is 0 Å². The Morgan fingerprint density at radius 2 is 1.85 bits per heavy atom. The molecule has 3 aromatic rings. The maximum Gasteiger partial charge on any atom is 0.338 e. The Morgan fingerprint density at radius 3 is 2.50 bits per heavy atom. The number of fused-ring (bicyclic) bond motifs is 1. The quantitative estimate of drug-likeness (QED) is 0.540. The number of carbonyl (C=O) groups excluding carboxylic acids is 1. The first-order valence-corrected chi connectivity index (χ1v) is 8.17. The van der Waals surface area contributed by atoms with Crippen LogP contribution < -0.4 is 5.63 Å². The third-order valence-electron chi connectivity index (χ3n) is 4.14. The van der Waals surface area contributed by atoms with Gasteiger partial charge in [-0.1, -0.05) is 19.1 Å². The average molecular weight is 354 g/mol. The summed E-state index contributed by atoms with van der Waals surface area (Å²) in [6.07, 6.45) is 0.608. The van der Waals surface area contributed by atoms with Crippen molar-refractivity contribution in [3.05, 3.63) is 75.1 Å². The minimum Gasteiger partial charge on any atom is -0.508 e. The normalized spacial score (nSPS) is 10.8. The maximum atomic E-state index is 12.2. The highest BCUT2D eigenvalue weighted by Gasteiger charge is 2.13. The molecule has 0 saturated carbocycles. The van der Waals surface area contributed by atoms with Gasteiger partial charge in [0.15, 0.2) is 0 Å². The number of hydrogen-bond donors (Lipinski definition) is 2. The molecule has 1 aromatic heterocycles. The van der Waals surface area contributed by atoms with Gasteiger partial charge < -0.3 is 19.4 Å². The van der Waals surface area contributed by atoms with Gasteiger partial charge in [-0.25, -0.2) is 9.59 Å². The number of phenolic OH excluding ortho intramolecular Hbond substituents is 1. The second-order valence-electron chi connectivity index (χ2n) is 5.85. The lowest BCUT2D eigenvalue weighted by Crippen LogP contribution is -2.08. The molecule has 0 radical (unpaired) electrons. The van der Waals surface area contributed by atoms with Crippen LogP contribution in [-0.2, 0) is 24.4 Å². The summed E-state index contributed by atoms with van der Waals surface area (Å²) >= 11 is 0. The lowest BCUT2D eigenvalue weighted by atomic mass is 10.0. The summed E-state index contributed by atoms with van der Waals surface area (Å²) in [5, 5.41) is 19.6. The van der Waals surface area contributed by atoms with Crippen molar-refractivity contribution < 1.29 is 24.2 Å². The molecule has 0 aliphatic heterocycles. The van der Waals surface area contributed by atoms with Crippen LogP contribution in [0.3, 0.4) is 0 Å². The van der Waals surface area contributed by atoms with Crippen molar-refractivity contribution in [2.24, 2.45) is 0 Å². The Labute approximate surface area is 149 Å². The first-order valence-electron chi connectivity index (χ1n) is 8.17. The molecule has 0 aliphatic carbocycles. The number of aromatic hydroxyl groups is 1. The van der Waals surface area contributed by atoms with E-state index < -0.39 is 11.6 Å². The van der Waals surface area contributed by atoms with Crippen molar-refractivity contribution >= 4 is 16.9 Å². The summed E-state index contributed by atoms with van der Waals surface area (Å²) in [6, 6.07) is 10.8. The van der Waals surface area contributed by atoms with Crippen LogP contribution in [-0.4, -0.2) is 16.2 Å². The number of esters is 1. The number of aryl methyl sites for hydroxylation is 1. The molecule has 2 aromatic carbocycles. The van der Waals surface area contributed by atoms with Crippen LogP contribution in [0.2, 0.25) is 0 Å². The minimum atomic E-state index is -0.584. The Balaban J connectivity index is 1.87. The molecule has 0 bridgehead atoms. The molecular weight excluding hydrogens is 336 g/mol. The van der Waals surface area contributed by atoms with E-state index in [2.05, 4.69) is 0 Å². The van der Waals surface area contributed by atoms with Gasteiger partial charge in [-0.15, -0.1) is 0 Å². The van der Waals surface area contributed by atoms with E-state index in [1.165, 1.54) is 12.1 Å². The molecule has 134 valence electrons. The highest BCUT2D eigenvalue weighted by atomic mass is 16.5. The SMILES string of the molecule is CCc1cc2c(COC(=O)c3ccc(CO)cc3)cc(=O)oc2cc1O. The van der Waals surface area contributed by atoms with E-state index in [1.807, 2.05) is 6.92 Å². The predicted octanol–water partition coefficient (Wildman–Crippen LogP) is 2.91. The Bertz CT molecular complexity index is 1000. The number of carbonyl (C=O) groups is 1. The number of benzene rings is 2. The molecule has 0 aliphatic rings. The van der Waals surface area contributed by atoms with E-state index >= 15 is 0 Å². The van der Waals surface area contributed by atoms with Crippen molar-refractivity contribution in [2.45, 2.75) is 26.6 Å². The molecule has 1 heterocycles. The van der Waals surface area contributed by atoms with Crippen LogP contribution in [0.25, 0.3) is 11.0 Å². The van der Waals surface area contributed by atoms with Gasteiger partial charge in [0.05, 0.1) is 12.2 Å². The zero-order valence-corrected chi connectivity index (χ0v) is 14.2. The monoisotopic (exact) mass is 354 g/mol. The first kappa shape index (κ1) is 17.7. The zero-order chi connectivity index (χ0) is 18.7. The molecule has 2 N–H and O–H groups in total. The standard InChI is InChI=1S/C20H18O6/c1-2-13-7-16-15(8-19(23)26-18(16)9-17(13)22)11-25-20(24)14-5-3-12(10-21)4-6-14/h3-9,21-22H,2,10-11H2,1H3. The largest absolute Gasteiger partial charge is 0.508 e. The molecule has 0 atom stereocenters. The van der Waals surface area contributed by atoms with Crippen molar-refractivity contribution in [1.82, 2.24) is 0 Å². The Kier molecular flexibility index (Phi) is 5.04. The molecule has 0 saturated heterocycles. The summed E-state index contributed by atoms with van der Waals surface area (Å²) in [7, 11) is 0. The molecule has 0 fully saturated rings. The van der Waals surface area contributed by atoms with Gasteiger partial charge in [0, 0.05) is 23.1 Å². The van der Waals surface area contributed by atoms with Gasteiger partial charge >= 0.3 is 11.6 Å². The van der Waals surface area contributed by atoms with Crippen molar-refractivity contribution in [1.29, 1.82) is 0 Å². The highest BCUT2D eigenvalue weighted by molar-refractivity contribution is 5.89. The third-order valence-corrected chi connectivity index (χ3v) is 4.14. The van der Waals surface area contributed by atoms with Crippen LogP contribution in [0.15, 0.2) is 51.7 Å². The predicted molar refractivity (Wildman–Crippen MR) is 95.0 cm³/mol. The van der Waals surface area contributed by atoms with Crippen molar-refractivity contribution in [2.75, 3.05) is 0 Å². The Hall–Kier alpha value is -3.12. The minimum absolute atomic E-state index is 0.0567. The second kappa shape index (κ2) is 7.41. The molecule has 26 heavy (non-hydrogen) atoms. The van der Waals surface area contributed by atoms with Gasteiger partial charge in [0.2, 0.25) is 0 Å². The summed E-state index contributed by atoms with van der Waals surface area (Å²) in [4.78, 5) is 23.9. The van der Waals surface area contributed by atoms with Crippen LogP contribution in [0.1, 0.15) is 34.0 Å². The molecule has 0 spiro atoms. The molecule has 0 amide bonds. The smallest absolute Gasteiger partial charge is 0.338 e. The van der Waals surface area contributed by atoms with E-state index in [-0.39, 0.29) is 24.5 Å². The van der Waals surface area contributed by atoms with E-state index in [4.69, 9.17) is 14.3 Å². The van der Waals surface area contributed by atoms with E-state index in [1.54, 1.807) is 30.3 Å². The van der Waals surface area contributed by atoms with E-state index in [0.29, 0.717) is 34.1 Å². The van der Waals surface area contributed by atoms with E-state index in [0.717, 1.165) is 0 Å². The van der Waals surface area contributed by atoms with Crippen LogP contribution in [0.5, 0.6) is 5.75 Å². The lowest BCUT2D eigenvalue weighted by Gasteiger charge is -2.09. The van der Waals surface area contributed by atoms with Gasteiger partial charge in [0.1, 0.15) is 17.9 Å². The van der Waals surface area contributed by atoms with E-state index in [9.17, 15) is 14.7 Å². The summed E-state index contributed by atoms with van der Waals surface area (Å²) in [5.41, 5.74) is 1.91. The summed E-state index contributed by atoms with van der Waals surface area (Å²) < 4.78 is 10.4. The number of ether oxygens (including phenoxy) is 1. The fourth-order valence-corrected chi connectivity index (χ4v) is 2.68. The molecule has 6 heteroatoms. The van der Waals surface area contributed by atoms with Gasteiger partial charge in [-0.2, -0.15) is 0 Å². The second-order valence-corrected chi connectivity index (χ2v) is 5.85. The van der Waals surface area contributed by atoms with Crippen LogP contribution in [0, 0.1) is 0 Å². The van der Waals surface area contributed by atoms with Crippen LogP contribution >= 0.6 is 0 Å². The number of phenols is 1. The van der Waals surface area contributed by atoms with Gasteiger partial charge in [0.25, 0.3) is 0 Å². The number of aliphatic hydroxyl groups is 1. The topological polar surface area (TPSA) is 97.0 Å². The maximum absolute atomic E-state index is 12.2. The first-order chi connectivity index (χ1) is 12.5. The van der Waals surface area contributed by atoms with Gasteiger partial charge in [-0.3, -0.25) is 0 Å². The molecular formula is C20H18O6. The molecule has 6 nitrogen and oxygen atoms in total. The fraction of sp³-hybridized carbons (Fsp3) is 0.200.